The van der Waals surface area contributed by atoms with Crippen LogP contribution in [0.2, 0.25) is 0 Å². The van der Waals surface area contributed by atoms with Crippen molar-refractivity contribution in [2.45, 2.75) is 19.1 Å². The van der Waals surface area contributed by atoms with Gasteiger partial charge in [0.25, 0.3) is 0 Å². The zero-order valence-corrected chi connectivity index (χ0v) is 11.2. The SMILES string of the molecule is CNC(COCC(F)(F)F)c1cc(C)ccc1OC. The number of benzene rings is 1. The summed E-state index contributed by atoms with van der Waals surface area (Å²) in [6.45, 7) is 0.585. The molecule has 108 valence electrons. The van der Waals surface area contributed by atoms with Gasteiger partial charge in [0, 0.05) is 5.56 Å². The minimum absolute atomic E-state index is 0.0736. The number of nitrogens with one attached hydrogen (secondary N) is 1. The Kier molecular flexibility index (Phi) is 5.62. The molecule has 0 aromatic heterocycles. The summed E-state index contributed by atoms with van der Waals surface area (Å²) in [6.07, 6.45) is -4.31. The lowest BCUT2D eigenvalue weighted by Crippen LogP contribution is -2.26. The molecule has 0 saturated heterocycles. The summed E-state index contributed by atoms with van der Waals surface area (Å²) < 4.78 is 46.1. The van der Waals surface area contributed by atoms with E-state index < -0.39 is 12.8 Å². The quantitative estimate of drug-likeness (QED) is 0.867. The number of methoxy groups -OCH3 is 1. The van der Waals surface area contributed by atoms with E-state index in [4.69, 9.17) is 9.47 Å². The third kappa shape index (κ3) is 5.08. The molecule has 0 aliphatic heterocycles. The Bertz CT molecular complexity index is 407. The highest BCUT2D eigenvalue weighted by Crippen LogP contribution is 2.27. The number of rotatable bonds is 6. The number of likely N-dealkylation sites (N-methyl/N-ethyl adjacent to an activating group) is 1. The Balaban J connectivity index is 2.76. The molecule has 6 heteroatoms. The highest BCUT2D eigenvalue weighted by atomic mass is 19.4. The molecule has 1 aromatic rings. The number of hydrogen-bond donors (Lipinski definition) is 1. The molecule has 0 spiro atoms. The summed E-state index contributed by atoms with van der Waals surface area (Å²) in [5.41, 5.74) is 1.79. The second-order valence-electron chi connectivity index (χ2n) is 4.22. The van der Waals surface area contributed by atoms with Crippen molar-refractivity contribution in [1.82, 2.24) is 5.32 Å². The van der Waals surface area contributed by atoms with E-state index in [1.54, 1.807) is 13.1 Å². The maximum Gasteiger partial charge on any atom is 0.411 e. The number of alkyl halides is 3. The average molecular weight is 277 g/mol. The normalized spacial score (nSPS) is 13.4. The van der Waals surface area contributed by atoms with Crippen LogP contribution in [-0.2, 0) is 4.74 Å². The van der Waals surface area contributed by atoms with Crippen LogP contribution >= 0.6 is 0 Å². The van der Waals surface area contributed by atoms with Crippen molar-refractivity contribution in [3.63, 3.8) is 0 Å². The van der Waals surface area contributed by atoms with Crippen LogP contribution in [0.15, 0.2) is 18.2 Å². The second-order valence-corrected chi connectivity index (χ2v) is 4.22. The maximum absolute atomic E-state index is 12.1. The van der Waals surface area contributed by atoms with Gasteiger partial charge >= 0.3 is 6.18 Å². The largest absolute Gasteiger partial charge is 0.496 e. The van der Waals surface area contributed by atoms with Gasteiger partial charge < -0.3 is 14.8 Å². The van der Waals surface area contributed by atoms with E-state index in [9.17, 15) is 13.2 Å². The summed E-state index contributed by atoms with van der Waals surface area (Å²) in [6, 6.07) is 5.19. The van der Waals surface area contributed by atoms with Crippen molar-refractivity contribution in [3.05, 3.63) is 29.3 Å². The molecule has 1 N–H and O–H groups in total. The van der Waals surface area contributed by atoms with Crippen LogP contribution in [0, 0.1) is 6.92 Å². The van der Waals surface area contributed by atoms with Gasteiger partial charge in [-0.05, 0) is 20.0 Å². The molecule has 1 aromatic carbocycles. The highest BCUT2D eigenvalue weighted by molar-refractivity contribution is 5.39. The molecule has 1 rings (SSSR count). The van der Waals surface area contributed by atoms with Gasteiger partial charge in [0.2, 0.25) is 0 Å². The third-order valence-corrected chi connectivity index (χ3v) is 2.66. The van der Waals surface area contributed by atoms with Gasteiger partial charge in [-0.2, -0.15) is 13.2 Å². The monoisotopic (exact) mass is 277 g/mol. The molecule has 3 nitrogen and oxygen atoms in total. The molecular formula is C13H18F3NO2. The van der Waals surface area contributed by atoms with Crippen molar-refractivity contribution in [1.29, 1.82) is 0 Å². The lowest BCUT2D eigenvalue weighted by molar-refractivity contribution is -0.175. The molecule has 0 saturated carbocycles. The highest BCUT2D eigenvalue weighted by Gasteiger charge is 2.28. The average Bonchev–Trinajstić information content (AvgIpc) is 2.33. The fourth-order valence-corrected chi connectivity index (χ4v) is 1.75. The Labute approximate surface area is 110 Å². The topological polar surface area (TPSA) is 30.5 Å². The Morgan fingerprint density at radius 1 is 1.32 bits per heavy atom. The van der Waals surface area contributed by atoms with Crippen LogP contribution in [0.5, 0.6) is 5.75 Å². The van der Waals surface area contributed by atoms with Crippen molar-refractivity contribution in [3.8, 4) is 5.75 Å². The minimum atomic E-state index is -4.31. The van der Waals surface area contributed by atoms with E-state index in [0.29, 0.717) is 5.75 Å². The van der Waals surface area contributed by atoms with Gasteiger partial charge in [0.1, 0.15) is 12.4 Å². The molecule has 19 heavy (non-hydrogen) atoms. The molecule has 0 heterocycles. The molecular weight excluding hydrogens is 259 g/mol. The first-order valence-corrected chi connectivity index (χ1v) is 5.83. The summed E-state index contributed by atoms with van der Waals surface area (Å²) in [7, 11) is 3.20. The molecule has 1 unspecified atom stereocenters. The predicted octanol–water partition coefficient (Wildman–Crippen LogP) is 2.84. The van der Waals surface area contributed by atoms with Gasteiger partial charge in [-0.1, -0.05) is 17.7 Å². The van der Waals surface area contributed by atoms with Crippen molar-refractivity contribution < 1.29 is 22.6 Å². The fourth-order valence-electron chi connectivity index (χ4n) is 1.75. The Morgan fingerprint density at radius 2 is 2.00 bits per heavy atom. The van der Waals surface area contributed by atoms with Crippen LogP contribution in [0.4, 0.5) is 13.2 Å². The molecule has 0 fully saturated rings. The number of hydrogen-bond acceptors (Lipinski definition) is 3. The molecule has 0 amide bonds. The first-order valence-electron chi connectivity index (χ1n) is 5.83. The van der Waals surface area contributed by atoms with Gasteiger partial charge in [-0.25, -0.2) is 0 Å². The van der Waals surface area contributed by atoms with Crippen LogP contribution in [-0.4, -0.2) is 33.5 Å². The van der Waals surface area contributed by atoms with Crippen molar-refractivity contribution in [2.75, 3.05) is 27.4 Å². The predicted molar refractivity (Wildman–Crippen MR) is 66.4 cm³/mol. The van der Waals surface area contributed by atoms with E-state index in [-0.39, 0.29) is 12.6 Å². The second kappa shape index (κ2) is 6.77. The smallest absolute Gasteiger partial charge is 0.411 e. The van der Waals surface area contributed by atoms with Gasteiger partial charge in [-0.3, -0.25) is 0 Å². The van der Waals surface area contributed by atoms with Crippen LogP contribution in [0.25, 0.3) is 0 Å². The zero-order valence-electron chi connectivity index (χ0n) is 11.2. The van der Waals surface area contributed by atoms with Crippen LogP contribution < -0.4 is 10.1 Å². The van der Waals surface area contributed by atoms with E-state index in [1.165, 1.54) is 7.11 Å². The molecule has 0 aliphatic carbocycles. The van der Waals surface area contributed by atoms with Crippen molar-refractivity contribution in [2.24, 2.45) is 0 Å². The van der Waals surface area contributed by atoms with Gasteiger partial charge in [0.15, 0.2) is 0 Å². The Hall–Kier alpha value is -1.27. The first kappa shape index (κ1) is 15.8. The molecule has 1 atom stereocenters. The first-order chi connectivity index (χ1) is 8.87. The summed E-state index contributed by atoms with van der Waals surface area (Å²) >= 11 is 0. The number of halogens is 3. The summed E-state index contributed by atoms with van der Waals surface area (Å²) in [4.78, 5) is 0. The lowest BCUT2D eigenvalue weighted by atomic mass is 10.0. The summed E-state index contributed by atoms with van der Waals surface area (Å²) in [5, 5.41) is 2.93. The maximum atomic E-state index is 12.1. The van der Waals surface area contributed by atoms with Gasteiger partial charge in [0.05, 0.1) is 19.8 Å². The summed E-state index contributed by atoms with van der Waals surface area (Å²) in [5.74, 6) is 0.626. The van der Waals surface area contributed by atoms with Crippen LogP contribution in [0.3, 0.4) is 0 Å². The van der Waals surface area contributed by atoms with Crippen molar-refractivity contribution >= 4 is 0 Å². The van der Waals surface area contributed by atoms with E-state index >= 15 is 0 Å². The third-order valence-electron chi connectivity index (χ3n) is 2.66. The minimum Gasteiger partial charge on any atom is -0.496 e. The van der Waals surface area contributed by atoms with E-state index in [2.05, 4.69) is 5.32 Å². The zero-order chi connectivity index (χ0) is 14.5. The molecule has 0 aliphatic rings. The fraction of sp³-hybridized carbons (Fsp3) is 0.538. The Morgan fingerprint density at radius 3 is 2.53 bits per heavy atom. The van der Waals surface area contributed by atoms with Crippen LogP contribution in [0.1, 0.15) is 17.2 Å². The lowest BCUT2D eigenvalue weighted by Gasteiger charge is -2.20. The number of ether oxygens (including phenoxy) is 2. The van der Waals surface area contributed by atoms with E-state index in [0.717, 1.165) is 11.1 Å². The molecule has 0 radical (unpaired) electrons. The van der Waals surface area contributed by atoms with Gasteiger partial charge in [-0.15, -0.1) is 0 Å². The number of aryl methyl sites for hydroxylation is 1. The van der Waals surface area contributed by atoms with E-state index in [1.807, 2.05) is 19.1 Å². The standard InChI is InChI=1S/C13H18F3NO2/c1-9-4-5-12(18-3)10(6-9)11(17-2)7-19-8-13(14,15)16/h4-6,11,17H,7-8H2,1-3H3. The molecule has 0 bridgehead atoms.